The zero-order chi connectivity index (χ0) is 11.1. The van der Waals surface area contributed by atoms with Crippen LogP contribution in [0.3, 0.4) is 0 Å². The van der Waals surface area contributed by atoms with Crippen molar-refractivity contribution < 1.29 is 9.31 Å². The first-order valence-electron chi connectivity index (χ1n) is 4.72. The van der Waals surface area contributed by atoms with Crippen LogP contribution in [0.2, 0.25) is 0 Å². The summed E-state index contributed by atoms with van der Waals surface area (Å²) in [6.07, 6.45) is 2.24. The first-order chi connectivity index (χ1) is 7.00. The van der Waals surface area contributed by atoms with Crippen molar-refractivity contribution in [2.24, 2.45) is 5.73 Å². The van der Waals surface area contributed by atoms with Crippen LogP contribution < -0.4 is 5.73 Å². The summed E-state index contributed by atoms with van der Waals surface area (Å²) in [5, 5.41) is 10.4. The molecule has 80 valence electrons. The molecule has 0 unspecified atom stereocenters. The molecule has 1 aromatic carbocycles. The standard InChI is InChI=1S/C10H11FN2O2/c11-9-5-8(13(14)15)2-1-7(9)6-10(12)3-4-10/h1-2,5H,3-4,6,12H2. The van der Waals surface area contributed by atoms with E-state index in [0.717, 1.165) is 18.9 Å². The van der Waals surface area contributed by atoms with E-state index in [4.69, 9.17) is 5.73 Å². The number of nitrogens with zero attached hydrogens (tertiary/aromatic N) is 1. The van der Waals surface area contributed by atoms with Gasteiger partial charge in [0.2, 0.25) is 0 Å². The summed E-state index contributed by atoms with van der Waals surface area (Å²) >= 11 is 0. The van der Waals surface area contributed by atoms with Crippen molar-refractivity contribution in [3.63, 3.8) is 0 Å². The fourth-order valence-corrected chi connectivity index (χ4v) is 1.51. The van der Waals surface area contributed by atoms with E-state index >= 15 is 0 Å². The average molecular weight is 210 g/mol. The second kappa shape index (κ2) is 3.27. The lowest BCUT2D eigenvalue weighted by molar-refractivity contribution is -0.385. The van der Waals surface area contributed by atoms with Gasteiger partial charge in [0.25, 0.3) is 5.69 Å². The fraction of sp³-hybridized carbons (Fsp3) is 0.400. The molecule has 0 bridgehead atoms. The molecule has 5 heteroatoms. The van der Waals surface area contributed by atoms with Gasteiger partial charge < -0.3 is 5.73 Å². The largest absolute Gasteiger partial charge is 0.325 e. The van der Waals surface area contributed by atoms with E-state index in [-0.39, 0.29) is 11.2 Å². The number of non-ortho nitro benzene ring substituents is 1. The Hall–Kier alpha value is -1.49. The minimum absolute atomic E-state index is 0.224. The zero-order valence-electron chi connectivity index (χ0n) is 8.07. The molecule has 0 aliphatic heterocycles. The molecule has 0 radical (unpaired) electrons. The average Bonchev–Trinajstić information content (AvgIpc) is 2.87. The van der Waals surface area contributed by atoms with Gasteiger partial charge >= 0.3 is 0 Å². The Morgan fingerprint density at radius 1 is 1.53 bits per heavy atom. The first-order valence-corrected chi connectivity index (χ1v) is 4.72. The third kappa shape index (κ3) is 2.12. The number of benzene rings is 1. The van der Waals surface area contributed by atoms with Gasteiger partial charge in [-0.3, -0.25) is 10.1 Å². The third-order valence-electron chi connectivity index (χ3n) is 2.68. The van der Waals surface area contributed by atoms with Crippen LogP contribution in [0.15, 0.2) is 18.2 Å². The number of nitrogens with two attached hydrogens (primary N) is 1. The highest BCUT2D eigenvalue weighted by molar-refractivity contribution is 5.35. The summed E-state index contributed by atoms with van der Waals surface area (Å²) in [7, 11) is 0. The fourth-order valence-electron chi connectivity index (χ4n) is 1.51. The maximum Gasteiger partial charge on any atom is 0.272 e. The molecule has 1 fully saturated rings. The molecule has 15 heavy (non-hydrogen) atoms. The van der Waals surface area contributed by atoms with Gasteiger partial charge in [-0.05, 0) is 30.9 Å². The van der Waals surface area contributed by atoms with E-state index in [1.54, 1.807) is 0 Å². The third-order valence-corrected chi connectivity index (χ3v) is 2.68. The highest BCUT2D eigenvalue weighted by Gasteiger charge is 2.38. The molecule has 4 nitrogen and oxygen atoms in total. The predicted molar refractivity (Wildman–Crippen MR) is 52.9 cm³/mol. The topological polar surface area (TPSA) is 69.2 Å². The molecular formula is C10H11FN2O2. The van der Waals surface area contributed by atoms with Crippen molar-refractivity contribution in [2.45, 2.75) is 24.8 Å². The number of hydrogen-bond acceptors (Lipinski definition) is 3. The smallest absolute Gasteiger partial charge is 0.272 e. The molecule has 0 aromatic heterocycles. The predicted octanol–water partition coefficient (Wildman–Crippen LogP) is 1.77. The van der Waals surface area contributed by atoms with Crippen molar-refractivity contribution in [3.05, 3.63) is 39.7 Å². The SMILES string of the molecule is NC1(Cc2ccc([N+](=O)[O-])cc2F)CC1. The van der Waals surface area contributed by atoms with Gasteiger partial charge in [0, 0.05) is 11.6 Å². The Balaban J connectivity index is 2.22. The Kier molecular flexibility index (Phi) is 2.19. The lowest BCUT2D eigenvalue weighted by Crippen LogP contribution is -2.25. The Bertz CT molecular complexity index is 416. The molecule has 0 saturated heterocycles. The van der Waals surface area contributed by atoms with Crippen LogP contribution in [0.4, 0.5) is 10.1 Å². The quantitative estimate of drug-likeness (QED) is 0.610. The van der Waals surface area contributed by atoms with E-state index < -0.39 is 10.7 Å². The maximum atomic E-state index is 13.4. The van der Waals surface area contributed by atoms with Crippen LogP contribution in [0.25, 0.3) is 0 Å². The van der Waals surface area contributed by atoms with Crippen LogP contribution in [-0.4, -0.2) is 10.5 Å². The molecule has 1 aliphatic carbocycles. The summed E-state index contributed by atoms with van der Waals surface area (Å²) in [5.41, 5.74) is 5.80. The second-order valence-electron chi connectivity index (χ2n) is 4.07. The van der Waals surface area contributed by atoms with Gasteiger partial charge in [0.1, 0.15) is 5.82 Å². The summed E-state index contributed by atoms with van der Waals surface area (Å²) < 4.78 is 13.4. The van der Waals surface area contributed by atoms with Crippen LogP contribution >= 0.6 is 0 Å². The molecule has 0 atom stereocenters. The van der Waals surface area contributed by atoms with Crippen molar-refractivity contribution >= 4 is 5.69 Å². The van der Waals surface area contributed by atoms with Gasteiger partial charge in [0.05, 0.1) is 11.0 Å². The molecule has 1 aliphatic rings. The molecule has 2 N–H and O–H groups in total. The van der Waals surface area contributed by atoms with E-state index in [1.165, 1.54) is 12.1 Å². The first kappa shape index (κ1) is 10.0. The number of halogens is 1. The number of nitro benzene ring substituents is 1. The summed E-state index contributed by atoms with van der Waals surface area (Å²) in [5.74, 6) is -0.541. The van der Waals surface area contributed by atoms with Crippen molar-refractivity contribution in [2.75, 3.05) is 0 Å². The molecule has 1 aromatic rings. The molecular weight excluding hydrogens is 199 g/mol. The van der Waals surface area contributed by atoms with E-state index in [9.17, 15) is 14.5 Å². The van der Waals surface area contributed by atoms with E-state index in [0.29, 0.717) is 12.0 Å². The monoisotopic (exact) mass is 210 g/mol. The molecule has 2 rings (SSSR count). The highest BCUT2D eigenvalue weighted by atomic mass is 19.1. The minimum atomic E-state index is -0.609. The highest BCUT2D eigenvalue weighted by Crippen LogP contribution is 2.36. The summed E-state index contributed by atoms with van der Waals surface area (Å²) in [6, 6.07) is 3.70. The minimum Gasteiger partial charge on any atom is -0.325 e. The maximum absolute atomic E-state index is 13.4. The number of rotatable bonds is 3. The Morgan fingerprint density at radius 2 is 2.20 bits per heavy atom. The lowest BCUT2D eigenvalue weighted by atomic mass is 10.0. The van der Waals surface area contributed by atoms with Crippen molar-refractivity contribution in [1.82, 2.24) is 0 Å². The van der Waals surface area contributed by atoms with Crippen LogP contribution in [0, 0.1) is 15.9 Å². The molecule has 0 spiro atoms. The van der Waals surface area contributed by atoms with E-state index in [1.807, 2.05) is 0 Å². The van der Waals surface area contributed by atoms with E-state index in [2.05, 4.69) is 0 Å². The van der Waals surface area contributed by atoms with Gasteiger partial charge in [0.15, 0.2) is 0 Å². The van der Waals surface area contributed by atoms with Crippen molar-refractivity contribution in [3.8, 4) is 0 Å². The Morgan fingerprint density at radius 3 is 2.67 bits per heavy atom. The van der Waals surface area contributed by atoms with Gasteiger partial charge in [-0.1, -0.05) is 0 Å². The zero-order valence-corrected chi connectivity index (χ0v) is 8.07. The van der Waals surface area contributed by atoms with Crippen LogP contribution in [0.5, 0.6) is 0 Å². The second-order valence-corrected chi connectivity index (χ2v) is 4.07. The number of hydrogen-bond donors (Lipinski definition) is 1. The van der Waals surface area contributed by atoms with Crippen LogP contribution in [-0.2, 0) is 6.42 Å². The van der Waals surface area contributed by atoms with Gasteiger partial charge in [-0.15, -0.1) is 0 Å². The summed E-state index contributed by atoms with van der Waals surface area (Å²) in [4.78, 5) is 9.77. The molecule has 1 saturated carbocycles. The Labute approximate surface area is 86.0 Å². The van der Waals surface area contributed by atoms with Gasteiger partial charge in [-0.2, -0.15) is 0 Å². The normalized spacial score (nSPS) is 17.5. The molecule has 0 amide bonds. The van der Waals surface area contributed by atoms with Gasteiger partial charge in [-0.25, -0.2) is 4.39 Å². The molecule has 0 heterocycles. The summed E-state index contributed by atoms with van der Waals surface area (Å²) in [6.45, 7) is 0. The van der Waals surface area contributed by atoms with Crippen LogP contribution in [0.1, 0.15) is 18.4 Å². The number of nitro groups is 1. The van der Waals surface area contributed by atoms with Crippen molar-refractivity contribution in [1.29, 1.82) is 0 Å². The lowest BCUT2D eigenvalue weighted by Gasteiger charge is -2.08.